The number of Topliss-reactive ketones (excluding diaryl/α,β-unsaturated/α-hetero) is 1. The zero-order valence-corrected chi connectivity index (χ0v) is 17.6. The van der Waals surface area contributed by atoms with Crippen LogP contribution in [-0.2, 0) is 16.0 Å². The van der Waals surface area contributed by atoms with Gasteiger partial charge < -0.3 is 15.4 Å². The monoisotopic (exact) mass is 423 g/mol. The summed E-state index contributed by atoms with van der Waals surface area (Å²) in [7, 11) is 1.52. The summed E-state index contributed by atoms with van der Waals surface area (Å²) in [6, 6.07) is 12.3. The van der Waals surface area contributed by atoms with Crippen molar-refractivity contribution < 1.29 is 19.1 Å². The summed E-state index contributed by atoms with van der Waals surface area (Å²) < 4.78 is 5.30. The zero-order chi connectivity index (χ0) is 21.7. The summed E-state index contributed by atoms with van der Waals surface area (Å²) in [5, 5.41) is 7.82. The average Bonchev–Trinajstić information content (AvgIpc) is 3.16. The Balaban J connectivity index is 1.69. The van der Waals surface area contributed by atoms with Crippen LogP contribution in [0.4, 0.5) is 10.8 Å². The first-order chi connectivity index (χ1) is 14.4. The van der Waals surface area contributed by atoms with Gasteiger partial charge in [0.25, 0.3) is 0 Å². The molecule has 154 valence electrons. The van der Waals surface area contributed by atoms with Gasteiger partial charge in [-0.2, -0.15) is 0 Å². The number of carbonyl (C=O) groups excluding carboxylic acids is 3. The molecule has 0 aliphatic heterocycles. The summed E-state index contributed by atoms with van der Waals surface area (Å²) in [6.07, 6.45) is 0.0601. The molecule has 1 heterocycles. The summed E-state index contributed by atoms with van der Waals surface area (Å²) in [5.74, 6) is 0.0884. The lowest BCUT2D eigenvalue weighted by Crippen LogP contribution is -2.15. The molecule has 3 aromatic rings. The second-order valence-corrected chi connectivity index (χ2v) is 7.46. The van der Waals surface area contributed by atoms with Crippen LogP contribution < -0.4 is 15.4 Å². The number of nitrogens with one attached hydrogen (secondary N) is 2. The Bertz CT molecular complexity index is 1090. The van der Waals surface area contributed by atoms with E-state index in [0.717, 1.165) is 11.3 Å². The molecular weight excluding hydrogens is 402 g/mol. The minimum atomic E-state index is -0.254. The number of anilines is 2. The van der Waals surface area contributed by atoms with E-state index < -0.39 is 0 Å². The fourth-order valence-electron chi connectivity index (χ4n) is 2.86. The third-order valence-corrected chi connectivity index (χ3v) is 5.05. The van der Waals surface area contributed by atoms with Crippen LogP contribution >= 0.6 is 11.3 Å². The van der Waals surface area contributed by atoms with Crippen molar-refractivity contribution >= 4 is 39.8 Å². The Labute approximate surface area is 178 Å². The first kappa shape index (κ1) is 21.2. The van der Waals surface area contributed by atoms with Crippen LogP contribution in [0.1, 0.15) is 29.8 Å². The minimum absolute atomic E-state index is 0.0601. The number of ketones is 1. The van der Waals surface area contributed by atoms with Crippen molar-refractivity contribution in [2.24, 2.45) is 0 Å². The summed E-state index contributed by atoms with van der Waals surface area (Å²) in [6.45, 7) is 2.93. The molecule has 0 radical (unpaired) electrons. The van der Waals surface area contributed by atoms with Crippen LogP contribution in [-0.4, -0.2) is 29.7 Å². The van der Waals surface area contributed by atoms with Gasteiger partial charge >= 0.3 is 0 Å². The molecule has 2 amide bonds. The molecule has 0 saturated carbocycles. The number of methoxy groups -OCH3 is 1. The molecule has 0 atom stereocenters. The summed E-state index contributed by atoms with van der Waals surface area (Å²) in [5.41, 5.74) is 3.46. The highest BCUT2D eigenvalue weighted by molar-refractivity contribution is 7.14. The molecule has 2 N–H and O–H groups in total. The lowest BCUT2D eigenvalue weighted by molar-refractivity contribution is -0.116. The SMILES string of the molecule is COc1ccc(C(C)=O)cc1CC(=O)Nc1nc(-c2ccc(NC(C)=O)cc2)cs1. The van der Waals surface area contributed by atoms with Crippen LogP contribution in [0.15, 0.2) is 47.8 Å². The minimum Gasteiger partial charge on any atom is -0.496 e. The van der Waals surface area contributed by atoms with Crippen molar-refractivity contribution in [2.45, 2.75) is 20.3 Å². The standard InChI is InChI=1S/C22H21N3O4S/c1-13(26)16-6-9-20(29-3)17(10-16)11-21(28)25-22-24-19(12-30-22)15-4-7-18(8-5-15)23-14(2)27/h4-10,12H,11H2,1-3H3,(H,23,27)(H,24,25,28). The fourth-order valence-corrected chi connectivity index (χ4v) is 3.60. The Morgan fingerprint density at radius 1 is 1.03 bits per heavy atom. The summed E-state index contributed by atoms with van der Waals surface area (Å²) in [4.78, 5) is 39.7. The van der Waals surface area contributed by atoms with E-state index in [-0.39, 0.29) is 24.0 Å². The van der Waals surface area contributed by atoms with Gasteiger partial charge in [-0.25, -0.2) is 4.98 Å². The van der Waals surface area contributed by atoms with E-state index in [4.69, 9.17) is 4.74 Å². The number of hydrogen-bond acceptors (Lipinski definition) is 6. The first-order valence-corrected chi connectivity index (χ1v) is 10.0. The van der Waals surface area contributed by atoms with Crippen molar-refractivity contribution in [2.75, 3.05) is 17.7 Å². The number of carbonyl (C=O) groups is 3. The Kier molecular flexibility index (Phi) is 6.58. The number of ether oxygens (including phenoxy) is 1. The number of nitrogens with zero attached hydrogens (tertiary/aromatic N) is 1. The molecule has 2 aromatic carbocycles. The maximum Gasteiger partial charge on any atom is 0.230 e. The quantitative estimate of drug-likeness (QED) is 0.556. The molecule has 0 bridgehead atoms. The Hall–Kier alpha value is -3.52. The van der Waals surface area contributed by atoms with E-state index in [1.54, 1.807) is 30.3 Å². The van der Waals surface area contributed by atoms with E-state index in [0.29, 0.717) is 27.7 Å². The molecule has 1 aromatic heterocycles. The van der Waals surface area contributed by atoms with E-state index >= 15 is 0 Å². The van der Waals surface area contributed by atoms with Gasteiger partial charge in [0.05, 0.1) is 19.2 Å². The van der Waals surface area contributed by atoms with E-state index in [1.807, 2.05) is 17.5 Å². The number of benzene rings is 2. The number of hydrogen-bond donors (Lipinski definition) is 2. The van der Waals surface area contributed by atoms with Crippen LogP contribution in [0.5, 0.6) is 5.75 Å². The molecule has 0 fully saturated rings. The van der Waals surface area contributed by atoms with Crippen molar-refractivity contribution in [1.82, 2.24) is 4.98 Å². The highest BCUT2D eigenvalue weighted by Crippen LogP contribution is 2.27. The molecular formula is C22H21N3O4S. The topological polar surface area (TPSA) is 97.4 Å². The van der Waals surface area contributed by atoms with Gasteiger partial charge in [-0.05, 0) is 37.3 Å². The van der Waals surface area contributed by atoms with Gasteiger partial charge in [0.2, 0.25) is 11.8 Å². The third-order valence-electron chi connectivity index (χ3n) is 4.29. The lowest BCUT2D eigenvalue weighted by Gasteiger charge is -2.09. The first-order valence-electron chi connectivity index (χ1n) is 9.17. The van der Waals surface area contributed by atoms with E-state index in [2.05, 4.69) is 15.6 Å². The van der Waals surface area contributed by atoms with Crippen molar-refractivity contribution in [3.63, 3.8) is 0 Å². The predicted octanol–water partition coefficient (Wildman–Crippen LogP) is 4.16. The van der Waals surface area contributed by atoms with Crippen molar-refractivity contribution in [3.05, 3.63) is 59.0 Å². The normalized spacial score (nSPS) is 10.4. The van der Waals surface area contributed by atoms with Gasteiger partial charge in [0, 0.05) is 34.7 Å². The number of amides is 2. The van der Waals surface area contributed by atoms with E-state index in [9.17, 15) is 14.4 Å². The van der Waals surface area contributed by atoms with Gasteiger partial charge in [0.1, 0.15) is 5.75 Å². The van der Waals surface area contributed by atoms with Crippen molar-refractivity contribution in [3.8, 4) is 17.0 Å². The van der Waals surface area contributed by atoms with Crippen LogP contribution in [0.25, 0.3) is 11.3 Å². The van der Waals surface area contributed by atoms with E-state index in [1.165, 1.54) is 32.3 Å². The zero-order valence-electron chi connectivity index (χ0n) is 16.8. The molecule has 0 spiro atoms. The van der Waals surface area contributed by atoms with Gasteiger partial charge in [-0.1, -0.05) is 12.1 Å². The average molecular weight is 423 g/mol. The lowest BCUT2D eigenvalue weighted by atomic mass is 10.0. The molecule has 0 aliphatic carbocycles. The Morgan fingerprint density at radius 3 is 2.40 bits per heavy atom. The number of rotatable bonds is 7. The van der Waals surface area contributed by atoms with Gasteiger partial charge in [0.15, 0.2) is 10.9 Å². The second-order valence-electron chi connectivity index (χ2n) is 6.60. The highest BCUT2D eigenvalue weighted by Gasteiger charge is 2.13. The summed E-state index contributed by atoms with van der Waals surface area (Å²) >= 11 is 1.32. The van der Waals surface area contributed by atoms with Gasteiger partial charge in [-0.15, -0.1) is 11.3 Å². The third kappa shape index (κ3) is 5.30. The molecule has 30 heavy (non-hydrogen) atoms. The van der Waals surface area contributed by atoms with Crippen LogP contribution in [0, 0.1) is 0 Å². The molecule has 8 heteroatoms. The van der Waals surface area contributed by atoms with Crippen LogP contribution in [0.3, 0.4) is 0 Å². The molecule has 0 aliphatic rings. The molecule has 0 unspecified atom stereocenters. The maximum atomic E-state index is 12.5. The fraction of sp³-hybridized carbons (Fsp3) is 0.182. The van der Waals surface area contributed by atoms with Crippen LogP contribution in [0.2, 0.25) is 0 Å². The highest BCUT2D eigenvalue weighted by atomic mass is 32.1. The Morgan fingerprint density at radius 2 is 1.77 bits per heavy atom. The number of aromatic nitrogens is 1. The smallest absolute Gasteiger partial charge is 0.230 e. The number of thiazole rings is 1. The predicted molar refractivity (Wildman–Crippen MR) is 117 cm³/mol. The largest absolute Gasteiger partial charge is 0.496 e. The second kappa shape index (κ2) is 9.32. The van der Waals surface area contributed by atoms with Gasteiger partial charge in [-0.3, -0.25) is 14.4 Å². The van der Waals surface area contributed by atoms with Crippen molar-refractivity contribution in [1.29, 1.82) is 0 Å². The molecule has 0 saturated heterocycles. The molecule has 7 nitrogen and oxygen atoms in total. The molecule has 3 rings (SSSR count). The maximum absolute atomic E-state index is 12.5.